The number of carbonyl (C=O) groups excluding carboxylic acids is 1. The van der Waals surface area contributed by atoms with Gasteiger partial charge in [0.1, 0.15) is 5.75 Å². The fourth-order valence-corrected chi connectivity index (χ4v) is 3.52. The number of rotatable bonds is 9. The standard InChI is InChI=1S/C24H32N4O2/c1-25-24(27-16-8-18-30-22-11-3-2-4-12-22)26-15-7-13-23(29)28-17-14-20-9-5-6-10-21(20)19-28/h2-6,9-12H,7-8,13-19H2,1H3,(H2,25,26,27). The zero-order valence-corrected chi connectivity index (χ0v) is 17.8. The summed E-state index contributed by atoms with van der Waals surface area (Å²) in [6, 6.07) is 18.2. The van der Waals surface area contributed by atoms with Crippen molar-refractivity contribution in [3.05, 3.63) is 65.7 Å². The molecule has 0 radical (unpaired) electrons. The minimum atomic E-state index is 0.229. The van der Waals surface area contributed by atoms with Crippen molar-refractivity contribution in [2.45, 2.75) is 32.2 Å². The highest BCUT2D eigenvalue weighted by Crippen LogP contribution is 2.19. The molecule has 3 rings (SSSR count). The van der Waals surface area contributed by atoms with Gasteiger partial charge in [-0.2, -0.15) is 0 Å². The molecule has 0 saturated carbocycles. The molecule has 0 fully saturated rings. The summed E-state index contributed by atoms with van der Waals surface area (Å²) in [5, 5.41) is 6.56. The van der Waals surface area contributed by atoms with Crippen LogP contribution in [0, 0.1) is 0 Å². The quantitative estimate of drug-likeness (QED) is 0.380. The Labute approximate surface area is 179 Å². The van der Waals surface area contributed by atoms with E-state index < -0.39 is 0 Å². The van der Waals surface area contributed by atoms with Crippen LogP contribution in [0.4, 0.5) is 0 Å². The molecular weight excluding hydrogens is 376 g/mol. The number of hydrogen-bond donors (Lipinski definition) is 2. The van der Waals surface area contributed by atoms with Crippen molar-refractivity contribution < 1.29 is 9.53 Å². The molecule has 1 aliphatic heterocycles. The second kappa shape index (κ2) is 11.9. The van der Waals surface area contributed by atoms with Crippen LogP contribution in [-0.4, -0.2) is 50.1 Å². The van der Waals surface area contributed by atoms with Crippen LogP contribution in [0.1, 0.15) is 30.4 Å². The summed E-state index contributed by atoms with van der Waals surface area (Å²) in [5.74, 6) is 1.88. The maximum absolute atomic E-state index is 12.5. The topological polar surface area (TPSA) is 66.0 Å². The van der Waals surface area contributed by atoms with Crippen molar-refractivity contribution in [1.82, 2.24) is 15.5 Å². The van der Waals surface area contributed by atoms with Gasteiger partial charge in [0.2, 0.25) is 5.91 Å². The smallest absolute Gasteiger partial charge is 0.222 e. The average molecular weight is 409 g/mol. The Kier molecular flexibility index (Phi) is 8.57. The lowest BCUT2D eigenvalue weighted by Crippen LogP contribution is -2.39. The summed E-state index contributed by atoms with van der Waals surface area (Å²) in [6.07, 6.45) is 3.17. The molecule has 160 valence electrons. The minimum Gasteiger partial charge on any atom is -0.494 e. The molecule has 0 aromatic heterocycles. The number of amides is 1. The molecule has 6 nitrogen and oxygen atoms in total. The third-order valence-electron chi connectivity index (χ3n) is 5.19. The normalized spacial score (nSPS) is 13.5. The Balaban J connectivity index is 1.26. The van der Waals surface area contributed by atoms with Crippen LogP contribution < -0.4 is 15.4 Å². The predicted octanol–water partition coefficient (Wildman–Crippen LogP) is 2.99. The number of para-hydroxylation sites is 1. The zero-order valence-electron chi connectivity index (χ0n) is 17.8. The number of benzene rings is 2. The first kappa shape index (κ1) is 21.7. The van der Waals surface area contributed by atoms with Gasteiger partial charge in [-0.3, -0.25) is 9.79 Å². The van der Waals surface area contributed by atoms with Crippen LogP contribution in [0.3, 0.4) is 0 Å². The van der Waals surface area contributed by atoms with E-state index >= 15 is 0 Å². The molecule has 0 unspecified atom stereocenters. The maximum Gasteiger partial charge on any atom is 0.222 e. The van der Waals surface area contributed by atoms with Crippen LogP contribution in [-0.2, 0) is 17.8 Å². The third kappa shape index (κ3) is 6.79. The SMILES string of the molecule is CN=C(NCCCOc1ccccc1)NCCCC(=O)N1CCc2ccccc2C1. The third-order valence-corrected chi connectivity index (χ3v) is 5.19. The first-order valence-corrected chi connectivity index (χ1v) is 10.7. The Bertz CT molecular complexity index is 823. The lowest BCUT2D eigenvalue weighted by Gasteiger charge is -2.29. The van der Waals surface area contributed by atoms with Crippen LogP contribution in [0.15, 0.2) is 59.6 Å². The van der Waals surface area contributed by atoms with Gasteiger partial charge in [-0.1, -0.05) is 42.5 Å². The van der Waals surface area contributed by atoms with E-state index in [1.807, 2.05) is 41.3 Å². The zero-order chi connectivity index (χ0) is 21.0. The maximum atomic E-state index is 12.5. The first-order chi connectivity index (χ1) is 14.8. The number of hydrogen-bond acceptors (Lipinski definition) is 3. The first-order valence-electron chi connectivity index (χ1n) is 10.7. The fourth-order valence-electron chi connectivity index (χ4n) is 3.52. The minimum absolute atomic E-state index is 0.229. The number of guanidine groups is 1. The summed E-state index contributed by atoms with van der Waals surface area (Å²) in [4.78, 5) is 18.7. The van der Waals surface area contributed by atoms with Gasteiger partial charge in [-0.05, 0) is 42.5 Å². The highest BCUT2D eigenvalue weighted by molar-refractivity contribution is 5.80. The highest BCUT2D eigenvalue weighted by atomic mass is 16.5. The number of ether oxygens (including phenoxy) is 1. The van der Waals surface area contributed by atoms with Crippen molar-refractivity contribution in [2.75, 3.05) is 33.3 Å². The van der Waals surface area contributed by atoms with Gasteiger partial charge in [0.15, 0.2) is 5.96 Å². The monoisotopic (exact) mass is 408 g/mol. The Morgan fingerprint density at radius 2 is 1.70 bits per heavy atom. The van der Waals surface area contributed by atoms with E-state index in [2.05, 4.69) is 33.8 Å². The van der Waals surface area contributed by atoms with Crippen molar-refractivity contribution in [2.24, 2.45) is 4.99 Å². The molecule has 2 aromatic rings. The lowest BCUT2D eigenvalue weighted by atomic mass is 9.99. The molecule has 30 heavy (non-hydrogen) atoms. The van der Waals surface area contributed by atoms with Gasteiger partial charge in [0, 0.05) is 39.6 Å². The van der Waals surface area contributed by atoms with Gasteiger partial charge in [-0.25, -0.2) is 0 Å². The number of aliphatic imine (C=N–C) groups is 1. The molecular formula is C24H32N4O2. The second-order valence-electron chi connectivity index (χ2n) is 7.38. The van der Waals surface area contributed by atoms with E-state index in [1.54, 1.807) is 7.05 Å². The van der Waals surface area contributed by atoms with Gasteiger partial charge >= 0.3 is 0 Å². The summed E-state index contributed by atoms with van der Waals surface area (Å²) in [5.41, 5.74) is 2.64. The summed E-state index contributed by atoms with van der Waals surface area (Å²) in [6.45, 7) is 3.70. The molecule has 1 heterocycles. The van der Waals surface area contributed by atoms with E-state index in [1.165, 1.54) is 11.1 Å². The molecule has 2 N–H and O–H groups in total. The highest BCUT2D eigenvalue weighted by Gasteiger charge is 2.19. The second-order valence-corrected chi connectivity index (χ2v) is 7.38. The Hall–Kier alpha value is -3.02. The molecule has 0 saturated heterocycles. The van der Waals surface area contributed by atoms with E-state index in [0.717, 1.165) is 57.2 Å². The van der Waals surface area contributed by atoms with Crippen molar-refractivity contribution in [3.8, 4) is 5.75 Å². The number of fused-ring (bicyclic) bond motifs is 1. The van der Waals surface area contributed by atoms with E-state index in [4.69, 9.17) is 4.74 Å². The van der Waals surface area contributed by atoms with E-state index in [-0.39, 0.29) is 5.91 Å². The largest absolute Gasteiger partial charge is 0.494 e. The molecule has 0 atom stereocenters. The molecule has 0 spiro atoms. The Morgan fingerprint density at radius 1 is 1.00 bits per heavy atom. The van der Waals surface area contributed by atoms with Gasteiger partial charge in [-0.15, -0.1) is 0 Å². The van der Waals surface area contributed by atoms with E-state index in [9.17, 15) is 4.79 Å². The molecule has 2 aromatic carbocycles. The van der Waals surface area contributed by atoms with Gasteiger partial charge in [0.05, 0.1) is 6.61 Å². The molecule has 1 amide bonds. The number of carbonyl (C=O) groups is 1. The average Bonchev–Trinajstić information content (AvgIpc) is 2.80. The lowest BCUT2D eigenvalue weighted by molar-refractivity contribution is -0.132. The van der Waals surface area contributed by atoms with Crippen LogP contribution in [0.2, 0.25) is 0 Å². The van der Waals surface area contributed by atoms with E-state index in [0.29, 0.717) is 13.0 Å². The van der Waals surface area contributed by atoms with Gasteiger partial charge in [0.25, 0.3) is 0 Å². The van der Waals surface area contributed by atoms with Crippen LogP contribution in [0.25, 0.3) is 0 Å². The van der Waals surface area contributed by atoms with Crippen LogP contribution in [0.5, 0.6) is 5.75 Å². The fraction of sp³-hybridized carbons (Fsp3) is 0.417. The van der Waals surface area contributed by atoms with Crippen molar-refractivity contribution in [3.63, 3.8) is 0 Å². The molecule has 0 bridgehead atoms. The summed E-state index contributed by atoms with van der Waals surface area (Å²) in [7, 11) is 1.76. The Morgan fingerprint density at radius 3 is 2.47 bits per heavy atom. The summed E-state index contributed by atoms with van der Waals surface area (Å²) >= 11 is 0. The van der Waals surface area contributed by atoms with Crippen molar-refractivity contribution in [1.29, 1.82) is 0 Å². The molecule has 0 aliphatic carbocycles. The van der Waals surface area contributed by atoms with Crippen LogP contribution >= 0.6 is 0 Å². The number of nitrogens with zero attached hydrogens (tertiary/aromatic N) is 2. The van der Waals surface area contributed by atoms with Crippen molar-refractivity contribution >= 4 is 11.9 Å². The predicted molar refractivity (Wildman–Crippen MR) is 121 cm³/mol. The number of nitrogens with one attached hydrogen (secondary N) is 2. The van der Waals surface area contributed by atoms with Gasteiger partial charge < -0.3 is 20.3 Å². The summed E-state index contributed by atoms with van der Waals surface area (Å²) < 4.78 is 5.68. The molecule has 6 heteroatoms. The molecule has 1 aliphatic rings.